The summed E-state index contributed by atoms with van der Waals surface area (Å²) in [7, 11) is 0. The Morgan fingerprint density at radius 2 is 0.398 bits per heavy atom. The zero-order valence-corrected chi connectivity index (χ0v) is 64.3. The van der Waals surface area contributed by atoms with Gasteiger partial charge in [0.1, 0.15) is 0 Å². The van der Waals surface area contributed by atoms with Crippen LogP contribution in [0.5, 0.6) is 0 Å². The maximum Gasteiger partial charge on any atom is 0.164 e. The van der Waals surface area contributed by atoms with Crippen LogP contribution in [0.3, 0.4) is 0 Å². The van der Waals surface area contributed by atoms with Crippen molar-refractivity contribution in [1.29, 1.82) is 0 Å². The Morgan fingerprint density at radius 3 is 0.754 bits per heavy atom. The summed E-state index contributed by atoms with van der Waals surface area (Å²) in [6, 6.07) is 154. The second kappa shape index (κ2) is 27.8. The summed E-state index contributed by atoms with van der Waals surface area (Å²) in [5.41, 5.74) is 36.2. The van der Waals surface area contributed by atoms with E-state index in [1.54, 1.807) is 0 Å². The molecule has 0 saturated carbocycles. The van der Waals surface area contributed by atoms with Gasteiger partial charge in [-0.2, -0.15) is 0 Å². The van der Waals surface area contributed by atoms with Crippen molar-refractivity contribution in [3.63, 3.8) is 0 Å². The van der Waals surface area contributed by atoms with E-state index < -0.39 is 10.8 Å². The van der Waals surface area contributed by atoms with Crippen LogP contribution in [0.25, 0.3) is 135 Å². The third-order valence-corrected chi connectivity index (χ3v) is 25.2. The van der Waals surface area contributed by atoms with Gasteiger partial charge in [0, 0.05) is 45.2 Å². The number of hydrogen-bond acceptors (Lipinski definition) is 6. The quantitative estimate of drug-likeness (QED) is 0.108. The molecular weight excluding hydrogens is 1430 g/mol. The molecule has 118 heavy (non-hydrogen) atoms. The predicted molar refractivity (Wildman–Crippen MR) is 477 cm³/mol. The lowest BCUT2D eigenvalue weighted by atomic mass is 9.60. The maximum atomic E-state index is 5.45. The van der Waals surface area contributed by atoms with Crippen molar-refractivity contribution in [2.75, 3.05) is 0 Å². The van der Waals surface area contributed by atoms with E-state index in [-0.39, 0.29) is 11.8 Å². The molecule has 24 rings (SSSR count). The summed E-state index contributed by atoms with van der Waals surface area (Å²) in [6.45, 7) is 0. The fraction of sp³-hybridized carbons (Fsp3) is 0.0357. The van der Waals surface area contributed by atoms with Crippen LogP contribution in [-0.4, -0.2) is 29.9 Å². The van der Waals surface area contributed by atoms with Gasteiger partial charge in [-0.05, 0) is 157 Å². The normalized spacial score (nSPS) is 14.4. The molecule has 2 bridgehead atoms. The summed E-state index contributed by atoms with van der Waals surface area (Å²) in [5.74, 6) is 3.77. The smallest absolute Gasteiger partial charge is 0.164 e. The first kappa shape index (κ1) is 68.4. The van der Waals surface area contributed by atoms with Crippen LogP contribution in [0.1, 0.15) is 89.7 Å². The molecular formula is C112H72N6. The highest BCUT2D eigenvalue weighted by molar-refractivity contribution is 6.01. The fourth-order valence-corrected chi connectivity index (χ4v) is 20.1. The van der Waals surface area contributed by atoms with Crippen molar-refractivity contribution >= 4 is 0 Å². The minimum absolute atomic E-state index is 0.0597. The highest BCUT2D eigenvalue weighted by Gasteiger charge is 2.49. The van der Waals surface area contributed by atoms with Crippen molar-refractivity contribution in [1.82, 2.24) is 29.9 Å². The monoisotopic (exact) mass is 1500 g/mol. The molecule has 0 saturated heterocycles. The molecule has 17 aromatic carbocycles. The standard InChI is InChI=1S/C112H72N6/c1-7-31-73(32-8-1)105-113-107(117-109(115-105)91-47-23-19-43-83(91)85-51-29-55-99-103(85)93-49-25-27-53-97(93)111(99,79-35-11-3-12-36-79)80-37-13-4-14-38-80)75-61-57-71(58-62-75)77-65-67-89-95(69-77)101-87-45-21-22-46-88(87)102(89)96-70-78(66-68-90(96)101)72-59-63-76(64-60-72)108-114-106(74-33-9-2-10-34-74)116-110(118-108)92-48-24-20-44-84(92)86-52-30-56-100-104(86)94-50-26-28-54-98(94)112(100,81-39-15-5-16-40-81)82-41-17-6-18-42-82/h1-70,101-102H. The van der Waals surface area contributed by atoms with Crippen LogP contribution in [0, 0.1) is 0 Å². The number of aromatic nitrogens is 6. The maximum absolute atomic E-state index is 5.45. The summed E-state index contributed by atoms with van der Waals surface area (Å²) in [5, 5.41) is 0. The van der Waals surface area contributed by atoms with E-state index in [0.717, 1.165) is 77.9 Å². The van der Waals surface area contributed by atoms with Crippen molar-refractivity contribution in [3.05, 3.63) is 503 Å². The van der Waals surface area contributed by atoms with Crippen molar-refractivity contribution in [2.24, 2.45) is 0 Å². The van der Waals surface area contributed by atoms with Crippen LogP contribution in [0.15, 0.2) is 425 Å². The van der Waals surface area contributed by atoms with Crippen LogP contribution in [0.4, 0.5) is 0 Å². The average Bonchev–Trinajstić information content (AvgIpc) is 1.46. The predicted octanol–water partition coefficient (Wildman–Crippen LogP) is 26.4. The number of hydrogen-bond donors (Lipinski definition) is 0. The molecule has 6 heteroatoms. The van der Waals surface area contributed by atoms with Gasteiger partial charge in [-0.1, -0.05) is 413 Å². The van der Waals surface area contributed by atoms with Gasteiger partial charge in [-0.25, -0.2) is 29.9 Å². The van der Waals surface area contributed by atoms with Gasteiger partial charge >= 0.3 is 0 Å². The van der Waals surface area contributed by atoms with Crippen molar-refractivity contribution < 1.29 is 0 Å². The van der Waals surface area contributed by atoms with E-state index >= 15 is 0 Å². The summed E-state index contributed by atoms with van der Waals surface area (Å²) in [4.78, 5) is 32.2. The lowest BCUT2D eigenvalue weighted by Crippen LogP contribution is -2.28. The minimum atomic E-state index is -0.548. The number of benzene rings is 17. The van der Waals surface area contributed by atoms with Gasteiger partial charge in [0.2, 0.25) is 0 Å². The van der Waals surface area contributed by atoms with E-state index in [9.17, 15) is 0 Å². The lowest BCUT2D eigenvalue weighted by Gasteiger charge is -2.42. The van der Waals surface area contributed by atoms with Crippen LogP contribution in [-0.2, 0) is 10.8 Å². The van der Waals surface area contributed by atoms with E-state index in [1.807, 2.05) is 36.4 Å². The molecule has 2 unspecified atom stereocenters. The van der Waals surface area contributed by atoms with E-state index in [1.165, 1.54) is 100 Å². The van der Waals surface area contributed by atoms with Crippen molar-refractivity contribution in [2.45, 2.75) is 22.7 Å². The van der Waals surface area contributed by atoms with E-state index in [2.05, 4.69) is 388 Å². The van der Waals surface area contributed by atoms with Crippen LogP contribution < -0.4 is 0 Å². The second-order valence-electron chi connectivity index (χ2n) is 31.3. The first-order chi connectivity index (χ1) is 58.5. The van der Waals surface area contributed by atoms with Gasteiger partial charge in [0.25, 0.3) is 0 Å². The Kier molecular flexibility index (Phi) is 16.1. The van der Waals surface area contributed by atoms with Crippen molar-refractivity contribution in [3.8, 4) is 135 Å². The molecule has 2 heterocycles. The molecule has 550 valence electrons. The molecule has 5 aliphatic rings. The molecule has 0 radical (unpaired) electrons. The number of nitrogens with zero attached hydrogens (tertiary/aromatic N) is 6. The first-order valence-corrected chi connectivity index (χ1v) is 40.6. The summed E-state index contributed by atoms with van der Waals surface area (Å²) >= 11 is 0. The zero-order valence-electron chi connectivity index (χ0n) is 64.3. The molecule has 0 N–H and O–H groups in total. The Morgan fingerprint density at radius 1 is 0.153 bits per heavy atom. The Bertz CT molecular complexity index is 6640. The SMILES string of the molecule is c1ccc(-c2nc(-c3ccc(-c4ccc5c(c4)C4c6ccccc6C5c5cc(-c6ccc(-c7nc(-c8ccccc8)nc(-c8ccccc8-c8cccc9c8-c8ccccc8C9(c8ccccc8)c8ccccc8)n7)cc6)ccc54)cc3)nc(-c3ccccc3-c3cccc4c3-c3ccccc3C4(c3ccccc3)c3ccccc3)n2)cc1. The molecule has 0 amide bonds. The highest BCUT2D eigenvalue weighted by atomic mass is 15.0. The highest BCUT2D eigenvalue weighted by Crippen LogP contribution is 2.62. The van der Waals surface area contributed by atoms with Gasteiger partial charge in [-0.3, -0.25) is 0 Å². The van der Waals surface area contributed by atoms with Gasteiger partial charge in [0.15, 0.2) is 34.9 Å². The zero-order chi connectivity index (χ0) is 77.8. The minimum Gasteiger partial charge on any atom is -0.208 e. The third-order valence-electron chi connectivity index (χ3n) is 25.2. The van der Waals surface area contributed by atoms with Gasteiger partial charge < -0.3 is 0 Å². The number of fused-ring (bicyclic) bond motifs is 6. The Hall–Kier alpha value is -15.2. The molecule has 6 nitrogen and oxygen atoms in total. The Balaban J connectivity index is 0.568. The molecule has 0 aliphatic heterocycles. The third kappa shape index (κ3) is 10.7. The largest absolute Gasteiger partial charge is 0.208 e. The lowest BCUT2D eigenvalue weighted by molar-refractivity contribution is 0.755. The molecule has 2 aromatic heterocycles. The molecule has 2 atom stereocenters. The summed E-state index contributed by atoms with van der Waals surface area (Å²) < 4.78 is 0. The topological polar surface area (TPSA) is 77.3 Å². The molecule has 5 aliphatic carbocycles. The number of rotatable bonds is 14. The van der Waals surface area contributed by atoms with E-state index in [0.29, 0.717) is 34.9 Å². The Labute approximate surface area is 685 Å². The fourth-order valence-electron chi connectivity index (χ4n) is 20.1. The average molecular weight is 1500 g/mol. The second-order valence-corrected chi connectivity index (χ2v) is 31.3. The van der Waals surface area contributed by atoms with Gasteiger partial charge in [-0.15, -0.1) is 0 Å². The molecule has 0 spiro atoms. The summed E-state index contributed by atoms with van der Waals surface area (Å²) in [6.07, 6.45) is 0. The molecule has 0 fully saturated rings. The van der Waals surface area contributed by atoms with Gasteiger partial charge in [0.05, 0.1) is 10.8 Å². The van der Waals surface area contributed by atoms with Crippen LogP contribution >= 0.6 is 0 Å². The van der Waals surface area contributed by atoms with E-state index in [4.69, 9.17) is 29.9 Å². The first-order valence-electron chi connectivity index (χ1n) is 40.6. The van der Waals surface area contributed by atoms with Crippen LogP contribution in [0.2, 0.25) is 0 Å². The molecule has 19 aromatic rings.